The standard InChI is InChI=1S/C9H9S/c1-6-3-8-7(2)5-10-9(8)4-6/h3,5,9H,1-2H3. The van der Waals surface area contributed by atoms with Gasteiger partial charge in [0, 0.05) is 0 Å². The summed E-state index contributed by atoms with van der Waals surface area (Å²) in [5.41, 5.74) is 4.17. The predicted molar refractivity (Wildman–Crippen MR) is 45.6 cm³/mol. The molecule has 1 heterocycles. The fraction of sp³-hybridized carbons (Fsp3) is 0.333. The molecule has 0 aromatic heterocycles. The Morgan fingerprint density at radius 3 is 3.00 bits per heavy atom. The average Bonchev–Trinajstić information content (AvgIpc) is 2.35. The van der Waals surface area contributed by atoms with Crippen molar-refractivity contribution in [3.8, 4) is 0 Å². The average molecular weight is 149 g/mol. The molecule has 0 fully saturated rings. The molecule has 0 nitrogen and oxygen atoms in total. The molecule has 0 spiro atoms. The van der Waals surface area contributed by atoms with Crippen LogP contribution in [0.15, 0.2) is 28.2 Å². The van der Waals surface area contributed by atoms with Crippen molar-refractivity contribution in [1.82, 2.24) is 0 Å². The number of rotatable bonds is 0. The maximum absolute atomic E-state index is 3.38. The first-order valence-electron chi connectivity index (χ1n) is 3.41. The molecule has 0 bridgehead atoms. The van der Waals surface area contributed by atoms with Gasteiger partial charge in [0.25, 0.3) is 0 Å². The van der Waals surface area contributed by atoms with Gasteiger partial charge >= 0.3 is 0 Å². The zero-order valence-electron chi connectivity index (χ0n) is 6.14. The molecule has 10 heavy (non-hydrogen) atoms. The van der Waals surface area contributed by atoms with Crippen LogP contribution in [-0.4, -0.2) is 5.25 Å². The van der Waals surface area contributed by atoms with Crippen LogP contribution in [0.3, 0.4) is 0 Å². The van der Waals surface area contributed by atoms with E-state index >= 15 is 0 Å². The third-order valence-electron chi connectivity index (χ3n) is 1.85. The van der Waals surface area contributed by atoms with Crippen molar-refractivity contribution in [3.05, 3.63) is 34.3 Å². The lowest BCUT2D eigenvalue weighted by molar-refractivity contribution is 1.27. The first-order chi connectivity index (χ1) is 4.77. The lowest BCUT2D eigenvalue weighted by atomic mass is 10.1. The van der Waals surface area contributed by atoms with Crippen LogP contribution in [0.1, 0.15) is 13.8 Å². The largest absolute Gasteiger partial charge is 0.121 e. The summed E-state index contributed by atoms with van der Waals surface area (Å²) in [6.45, 7) is 4.28. The van der Waals surface area contributed by atoms with Gasteiger partial charge in [-0.2, -0.15) is 0 Å². The van der Waals surface area contributed by atoms with Crippen LogP contribution >= 0.6 is 11.8 Å². The summed E-state index contributed by atoms with van der Waals surface area (Å²) in [6, 6.07) is 0. The third-order valence-corrected chi connectivity index (χ3v) is 2.98. The monoisotopic (exact) mass is 149 g/mol. The lowest BCUT2D eigenvalue weighted by Gasteiger charge is -1.98. The molecular formula is C9H9S. The van der Waals surface area contributed by atoms with Gasteiger partial charge in [-0.3, -0.25) is 0 Å². The highest BCUT2D eigenvalue weighted by Crippen LogP contribution is 2.39. The van der Waals surface area contributed by atoms with Crippen molar-refractivity contribution in [2.45, 2.75) is 19.1 Å². The van der Waals surface area contributed by atoms with Crippen molar-refractivity contribution in [2.24, 2.45) is 0 Å². The molecule has 51 valence electrons. The Kier molecular flexibility index (Phi) is 1.27. The normalized spacial score (nSPS) is 29.4. The van der Waals surface area contributed by atoms with Crippen LogP contribution in [0.5, 0.6) is 0 Å². The highest BCUT2D eigenvalue weighted by Gasteiger charge is 2.23. The van der Waals surface area contributed by atoms with Crippen LogP contribution < -0.4 is 0 Å². The van der Waals surface area contributed by atoms with E-state index in [1.54, 1.807) is 0 Å². The molecule has 2 rings (SSSR count). The van der Waals surface area contributed by atoms with E-state index < -0.39 is 0 Å². The molecule has 2 aliphatic rings. The second-order valence-electron chi connectivity index (χ2n) is 2.74. The van der Waals surface area contributed by atoms with Gasteiger partial charge in [-0.25, -0.2) is 0 Å². The van der Waals surface area contributed by atoms with E-state index in [0.717, 1.165) is 0 Å². The van der Waals surface area contributed by atoms with Crippen molar-refractivity contribution < 1.29 is 0 Å². The number of fused-ring (bicyclic) bond motifs is 1. The summed E-state index contributed by atoms with van der Waals surface area (Å²) >= 11 is 1.86. The number of hydrogen-bond acceptors (Lipinski definition) is 1. The predicted octanol–water partition coefficient (Wildman–Crippen LogP) is 2.70. The topological polar surface area (TPSA) is 0 Å². The molecule has 1 aliphatic carbocycles. The zero-order valence-corrected chi connectivity index (χ0v) is 6.96. The molecule has 0 N–H and O–H groups in total. The van der Waals surface area contributed by atoms with Crippen molar-refractivity contribution >= 4 is 11.8 Å². The maximum Gasteiger partial charge on any atom is 0.0596 e. The van der Waals surface area contributed by atoms with Gasteiger partial charge in [-0.05, 0) is 42.1 Å². The van der Waals surface area contributed by atoms with E-state index in [1.165, 1.54) is 16.7 Å². The molecular weight excluding hydrogens is 140 g/mol. The van der Waals surface area contributed by atoms with Crippen molar-refractivity contribution in [1.29, 1.82) is 0 Å². The van der Waals surface area contributed by atoms with E-state index in [0.29, 0.717) is 5.25 Å². The lowest BCUT2D eigenvalue weighted by Crippen LogP contribution is -1.92. The van der Waals surface area contributed by atoms with Crippen LogP contribution in [0, 0.1) is 6.08 Å². The summed E-state index contributed by atoms with van der Waals surface area (Å²) < 4.78 is 0. The van der Waals surface area contributed by atoms with Crippen LogP contribution in [0.4, 0.5) is 0 Å². The molecule has 0 saturated carbocycles. The van der Waals surface area contributed by atoms with Gasteiger partial charge in [-0.15, -0.1) is 11.8 Å². The van der Waals surface area contributed by atoms with Gasteiger partial charge < -0.3 is 0 Å². The fourth-order valence-corrected chi connectivity index (χ4v) is 2.43. The number of thioether (sulfide) groups is 1. The van der Waals surface area contributed by atoms with Crippen LogP contribution in [0.25, 0.3) is 0 Å². The summed E-state index contributed by atoms with van der Waals surface area (Å²) in [5.74, 6) is 0. The fourth-order valence-electron chi connectivity index (χ4n) is 1.30. The van der Waals surface area contributed by atoms with Gasteiger partial charge in [0.05, 0.1) is 5.25 Å². The third kappa shape index (κ3) is 0.772. The van der Waals surface area contributed by atoms with Gasteiger partial charge in [0.1, 0.15) is 0 Å². The molecule has 0 saturated heterocycles. The van der Waals surface area contributed by atoms with E-state index in [9.17, 15) is 0 Å². The first kappa shape index (κ1) is 6.29. The van der Waals surface area contributed by atoms with Crippen molar-refractivity contribution in [3.63, 3.8) is 0 Å². The van der Waals surface area contributed by atoms with Crippen LogP contribution in [-0.2, 0) is 0 Å². The zero-order chi connectivity index (χ0) is 7.14. The minimum atomic E-state index is 0.528. The van der Waals surface area contributed by atoms with E-state index in [-0.39, 0.29) is 0 Å². The second kappa shape index (κ2) is 2.03. The van der Waals surface area contributed by atoms with Gasteiger partial charge in [-0.1, -0.05) is 6.08 Å². The minimum Gasteiger partial charge on any atom is -0.121 e. The highest BCUT2D eigenvalue weighted by molar-refractivity contribution is 8.03. The maximum atomic E-state index is 3.38. The van der Waals surface area contributed by atoms with E-state index in [4.69, 9.17) is 0 Å². The van der Waals surface area contributed by atoms with E-state index in [2.05, 4.69) is 31.4 Å². The quantitative estimate of drug-likeness (QED) is 0.510. The number of hydrogen-bond donors (Lipinski definition) is 0. The molecule has 0 aromatic rings. The Morgan fingerprint density at radius 1 is 1.50 bits per heavy atom. The number of allylic oxidation sites excluding steroid dienone is 3. The van der Waals surface area contributed by atoms with Crippen LogP contribution in [0.2, 0.25) is 0 Å². The highest BCUT2D eigenvalue weighted by atomic mass is 32.2. The Morgan fingerprint density at radius 2 is 2.30 bits per heavy atom. The van der Waals surface area contributed by atoms with Crippen molar-refractivity contribution in [2.75, 3.05) is 0 Å². The van der Waals surface area contributed by atoms with Gasteiger partial charge in [0.15, 0.2) is 0 Å². The summed E-state index contributed by atoms with van der Waals surface area (Å²) in [4.78, 5) is 0. The summed E-state index contributed by atoms with van der Waals surface area (Å²) in [5, 5.41) is 2.75. The Labute approximate surface area is 65.7 Å². The second-order valence-corrected chi connectivity index (χ2v) is 3.72. The summed E-state index contributed by atoms with van der Waals surface area (Å²) in [7, 11) is 0. The first-order valence-corrected chi connectivity index (χ1v) is 4.36. The molecule has 1 heteroatoms. The molecule has 1 radical (unpaired) electrons. The van der Waals surface area contributed by atoms with Gasteiger partial charge in [0.2, 0.25) is 0 Å². The molecule has 0 amide bonds. The molecule has 0 aromatic carbocycles. The minimum absolute atomic E-state index is 0.528. The smallest absolute Gasteiger partial charge is 0.0596 e. The molecule has 1 atom stereocenters. The summed E-state index contributed by atoms with van der Waals surface area (Å²) in [6.07, 6.45) is 5.61. The Hall–Kier alpha value is -0.430. The van der Waals surface area contributed by atoms with E-state index in [1.807, 2.05) is 11.8 Å². The molecule has 1 aliphatic heterocycles. The SMILES string of the molecule is CC1=[C]C2SC=C(C)C2=C1. The Balaban J connectivity index is 2.38. The Bertz CT molecular complexity index is 256. The molecule has 1 unspecified atom stereocenters.